The van der Waals surface area contributed by atoms with E-state index in [-0.39, 0.29) is 24.0 Å². The van der Waals surface area contributed by atoms with Crippen LogP contribution in [0.3, 0.4) is 0 Å². The van der Waals surface area contributed by atoms with E-state index in [4.69, 9.17) is 14.2 Å². The number of benzene rings is 4. The highest BCUT2D eigenvalue weighted by Crippen LogP contribution is 2.43. The summed E-state index contributed by atoms with van der Waals surface area (Å²) in [4.78, 5) is 28.7. The number of ketones is 1. The molecule has 4 aromatic carbocycles. The zero-order valence-corrected chi connectivity index (χ0v) is 24.2. The Morgan fingerprint density at radius 2 is 1.60 bits per heavy atom. The maximum atomic E-state index is 13.6. The van der Waals surface area contributed by atoms with Crippen LogP contribution in [0, 0.1) is 0 Å². The maximum Gasteiger partial charge on any atom is 0.295 e. The highest BCUT2D eigenvalue weighted by atomic mass is 16.5. The Morgan fingerprint density at radius 1 is 0.884 bits per heavy atom. The van der Waals surface area contributed by atoms with E-state index in [0.717, 1.165) is 22.4 Å². The Morgan fingerprint density at radius 3 is 2.33 bits per heavy atom. The van der Waals surface area contributed by atoms with Crippen molar-refractivity contribution in [3.05, 3.63) is 130 Å². The number of hydrogen-bond donors (Lipinski definition) is 1. The number of carbonyl (C=O) groups excluding carboxylic acids is 2. The van der Waals surface area contributed by atoms with Gasteiger partial charge in [-0.3, -0.25) is 9.59 Å². The second-order valence-electron chi connectivity index (χ2n) is 10.8. The van der Waals surface area contributed by atoms with Crippen LogP contribution in [0.25, 0.3) is 5.76 Å². The van der Waals surface area contributed by atoms with Gasteiger partial charge in [0, 0.05) is 18.5 Å². The molecule has 2 unspecified atom stereocenters. The molecule has 0 radical (unpaired) electrons. The molecule has 2 heterocycles. The summed E-state index contributed by atoms with van der Waals surface area (Å²) in [7, 11) is 0. The van der Waals surface area contributed by atoms with Gasteiger partial charge in [0.15, 0.2) is 11.5 Å². The van der Waals surface area contributed by atoms with Crippen LogP contribution in [0.5, 0.6) is 17.2 Å². The minimum Gasteiger partial charge on any atom is -0.507 e. The molecule has 1 fully saturated rings. The SMILES string of the molecule is CCOc1cc(C2/C(=C(\O)c3ccc4c(c3)CC(C)O4)C(=O)C(=O)N2Cc2ccccc2)ccc1OCc1ccccc1. The second kappa shape index (κ2) is 12.1. The van der Waals surface area contributed by atoms with Gasteiger partial charge < -0.3 is 24.2 Å². The number of rotatable bonds is 9. The molecule has 0 aromatic heterocycles. The van der Waals surface area contributed by atoms with Crippen LogP contribution >= 0.6 is 0 Å². The van der Waals surface area contributed by atoms with E-state index < -0.39 is 17.7 Å². The van der Waals surface area contributed by atoms with E-state index in [1.54, 1.807) is 24.3 Å². The van der Waals surface area contributed by atoms with Crippen molar-refractivity contribution in [3.8, 4) is 17.2 Å². The standard InChI is InChI=1S/C36H33NO6/c1-3-41-31-20-26(14-17-30(31)42-22-25-12-8-5-9-13-25)33-32(34(38)27-15-16-29-28(19-27)18-23(2)43-29)35(39)36(40)37(33)21-24-10-6-4-7-11-24/h4-17,19-20,23,33,38H,3,18,21-22H2,1-2H3/b34-32+. The van der Waals surface area contributed by atoms with Crippen LogP contribution in [-0.2, 0) is 29.2 Å². The van der Waals surface area contributed by atoms with E-state index >= 15 is 0 Å². The molecule has 1 amide bonds. The fourth-order valence-corrected chi connectivity index (χ4v) is 5.71. The van der Waals surface area contributed by atoms with Crippen LogP contribution in [0.15, 0.2) is 103 Å². The molecule has 43 heavy (non-hydrogen) atoms. The molecule has 7 heteroatoms. The minimum atomic E-state index is -0.842. The fraction of sp³-hybridized carbons (Fsp3) is 0.222. The molecule has 1 saturated heterocycles. The van der Waals surface area contributed by atoms with Gasteiger partial charge in [-0.1, -0.05) is 66.7 Å². The molecule has 1 N–H and O–H groups in total. The lowest BCUT2D eigenvalue weighted by Gasteiger charge is -2.26. The van der Waals surface area contributed by atoms with Gasteiger partial charge in [-0.25, -0.2) is 0 Å². The van der Waals surface area contributed by atoms with Gasteiger partial charge in [-0.15, -0.1) is 0 Å². The first-order valence-electron chi connectivity index (χ1n) is 14.5. The molecule has 0 saturated carbocycles. The van der Waals surface area contributed by atoms with Crippen LogP contribution in [0.2, 0.25) is 0 Å². The predicted molar refractivity (Wildman–Crippen MR) is 163 cm³/mol. The molecule has 7 nitrogen and oxygen atoms in total. The van der Waals surface area contributed by atoms with E-state index in [1.165, 1.54) is 4.90 Å². The number of aliphatic hydroxyl groups is 1. The van der Waals surface area contributed by atoms with Crippen molar-refractivity contribution in [1.82, 2.24) is 4.90 Å². The van der Waals surface area contributed by atoms with Crippen molar-refractivity contribution in [2.24, 2.45) is 0 Å². The number of aliphatic hydroxyl groups excluding tert-OH is 1. The number of Topliss-reactive ketones (excluding diaryl/α,β-unsaturated/α-hetero) is 1. The number of carbonyl (C=O) groups is 2. The van der Waals surface area contributed by atoms with Crippen molar-refractivity contribution in [3.63, 3.8) is 0 Å². The smallest absolute Gasteiger partial charge is 0.295 e. The van der Waals surface area contributed by atoms with E-state index in [0.29, 0.717) is 42.3 Å². The fourth-order valence-electron chi connectivity index (χ4n) is 5.71. The van der Waals surface area contributed by atoms with Crippen molar-refractivity contribution in [2.45, 2.75) is 45.6 Å². The first-order valence-corrected chi connectivity index (χ1v) is 14.5. The number of hydrogen-bond acceptors (Lipinski definition) is 6. The monoisotopic (exact) mass is 575 g/mol. The van der Waals surface area contributed by atoms with Crippen LogP contribution < -0.4 is 14.2 Å². The first kappa shape index (κ1) is 28.1. The summed E-state index contributed by atoms with van der Waals surface area (Å²) in [5, 5.41) is 11.6. The summed E-state index contributed by atoms with van der Waals surface area (Å²) < 4.78 is 17.9. The van der Waals surface area contributed by atoms with Crippen LogP contribution in [0.4, 0.5) is 0 Å². The summed E-state index contributed by atoms with van der Waals surface area (Å²) in [5.41, 5.74) is 3.96. The van der Waals surface area contributed by atoms with Gasteiger partial charge in [0.25, 0.3) is 11.7 Å². The quantitative estimate of drug-likeness (QED) is 0.137. The Balaban J connectivity index is 1.43. The summed E-state index contributed by atoms with van der Waals surface area (Å²) in [5.74, 6) is 0.176. The number of likely N-dealkylation sites (tertiary alicyclic amines) is 1. The van der Waals surface area contributed by atoms with Gasteiger partial charge in [0.1, 0.15) is 24.2 Å². The Labute approximate surface area is 250 Å². The lowest BCUT2D eigenvalue weighted by atomic mass is 9.94. The van der Waals surface area contributed by atoms with Crippen molar-refractivity contribution in [2.75, 3.05) is 6.61 Å². The first-order chi connectivity index (χ1) is 20.9. The predicted octanol–water partition coefficient (Wildman–Crippen LogP) is 6.61. The third-order valence-electron chi connectivity index (χ3n) is 7.73. The zero-order chi connectivity index (χ0) is 29.9. The van der Waals surface area contributed by atoms with Gasteiger partial charge in [0.05, 0.1) is 18.2 Å². The number of ether oxygens (including phenoxy) is 3. The Kier molecular flexibility index (Phi) is 7.88. The lowest BCUT2D eigenvalue weighted by molar-refractivity contribution is -0.140. The molecule has 2 aliphatic heterocycles. The normalized spacial score (nSPS) is 18.8. The van der Waals surface area contributed by atoms with Gasteiger partial charge in [-0.05, 0) is 66.4 Å². The summed E-state index contributed by atoms with van der Waals surface area (Å²) in [6.07, 6.45) is 0.730. The molecule has 0 bridgehead atoms. The number of nitrogens with zero attached hydrogens (tertiary/aromatic N) is 1. The number of amides is 1. The highest BCUT2D eigenvalue weighted by molar-refractivity contribution is 6.46. The van der Waals surface area contributed by atoms with Crippen molar-refractivity contribution >= 4 is 17.4 Å². The summed E-state index contributed by atoms with van der Waals surface area (Å²) >= 11 is 0. The average Bonchev–Trinajstić information content (AvgIpc) is 3.52. The summed E-state index contributed by atoms with van der Waals surface area (Å²) in [6.45, 7) is 4.81. The van der Waals surface area contributed by atoms with Crippen molar-refractivity contribution < 1.29 is 28.9 Å². The molecular formula is C36H33NO6. The minimum absolute atomic E-state index is 0.0310. The van der Waals surface area contributed by atoms with Crippen LogP contribution in [-0.4, -0.2) is 34.4 Å². The van der Waals surface area contributed by atoms with Gasteiger partial charge in [0.2, 0.25) is 0 Å². The van der Waals surface area contributed by atoms with Gasteiger partial charge in [-0.2, -0.15) is 0 Å². The topological polar surface area (TPSA) is 85.3 Å². The van der Waals surface area contributed by atoms with E-state index in [9.17, 15) is 14.7 Å². The molecule has 6 rings (SSSR count). The van der Waals surface area contributed by atoms with Crippen molar-refractivity contribution in [1.29, 1.82) is 0 Å². The lowest BCUT2D eigenvalue weighted by Crippen LogP contribution is -2.29. The third-order valence-corrected chi connectivity index (χ3v) is 7.73. The molecular weight excluding hydrogens is 542 g/mol. The molecule has 4 aromatic rings. The maximum absolute atomic E-state index is 13.6. The van der Waals surface area contributed by atoms with E-state index in [1.807, 2.05) is 86.6 Å². The molecule has 2 atom stereocenters. The van der Waals surface area contributed by atoms with E-state index in [2.05, 4.69) is 0 Å². The number of fused-ring (bicyclic) bond motifs is 1. The Hall–Kier alpha value is -5.04. The highest BCUT2D eigenvalue weighted by Gasteiger charge is 2.46. The molecule has 0 spiro atoms. The molecule has 218 valence electrons. The Bertz CT molecular complexity index is 1680. The largest absolute Gasteiger partial charge is 0.507 e. The molecule has 2 aliphatic rings. The van der Waals surface area contributed by atoms with Gasteiger partial charge >= 0.3 is 0 Å². The average molecular weight is 576 g/mol. The molecule has 0 aliphatic carbocycles. The third kappa shape index (κ3) is 5.71. The second-order valence-corrected chi connectivity index (χ2v) is 10.8. The summed E-state index contributed by atoms with van der Waals surface area (Å²) in [6, 6.07) is 29.2. The zero-order valence-electron chi connectivity index (χ0n) is 24.2. The van der Waals surface area contributed by atoms with Crippen LogP contribution in [0.1, 0.15) is 47.7 Å².